The molecule has 1 aliphatic rings. The summed E-state index contributed by atoms with van der Waals surface area (Å²) in [5.41, 5.74) is -1.10. The summed E-state index contributed by atoms with van der Waals surface area (Å²) in [5.74, 6) is -1.57. The van der Waals surface area contributed by atoms with Crippen LogP contribution in [0.5, 0.6) is 0 Å². The van der Waals surface area contributed by atoms with Gasteiger partial charge in [0.2, 0.25) is 5.91 Å². The van der Waals surface area contributed by atoms with Crippen LogP contribution in [0.1, 0.15) is 36.9 Å². The molecule has 1 amide bonds. The van der Waals surface area contributed by atoms with Gasteiger partial charge in [0, 0.05) is 0 Å². The summed E-state index contributed by atoms with van der Waals surface area (Å²) in [6, 6.07) is 1.82. The third-order valence-corrected chi connectivity index (χ3v) is 3.53. The lowest BCUT2D eigenvalue weighted by Crippen LogP contribution is -2.41. The Labute approximate surface area is 131 Å². The highest BCUT2D eigenvalue weighted by Gasteiger charge is 2.34. The number of hydrogen-bond acceptors (Lipinski definition) is 2. The molecule has 1 heterocycles. The van der Waals surface area contributed by atoms with Gasteiger partial charge in [0.25, 0.3) is 0 Å². The molecule has 2 unspecified atom stereocenters. The predicted octanol–water partition coefficient (Wildman–Crippen LogP) is 3.20. The van der Waals surface area contributed by atoms with Crippen LogP contribution in [0.2, 0.25) is 0 Å². The number of rotatable bonds is 3. The van der Waals surface area contributed by atoms with Gasteiger partial charge in [0.1, 0.15) is 5.82 Å². The molecule has 1 aromatic carbocycles. The third-order valence-electron chi connectivity index (χ3n) is 3.53. The minimum absolute atomic E-state index is 0. The van der Waals surface area contributed by atoms with E-state index in [0.29, 0.717) is 6.42 Å². The summed E-state index contributed by atoms with van der Waals surface area (Å²) < 4.78 is 51.2. The van der Waals surface area contributed by atoms with E-state index in [0.717, 1.165) is 25.1 Å². The Bertz CT molecular complexity index is 530. The second kappa shape index (κ2) is 7.28. The van der Waals surface area contributed by atoms with E-state index >= 15 is 0 Å². The monoisotopic (exact) mass is 340 g/mol. The van der Waals surface area contributed by atoms with Gasteiger partial charge in [-0.05, 0) is 44.0 Å². The maximum Gasteiger partial charge on any atom is 0.419 e. The molecule has 3 nitrogen and oxygen atoms in total. The first kappa shape index (κ1) is 18.7. The maximum atomic E-state index is 13.2. The van der Waals surface area contributed by atoms with Crippen molar-refractivity contribution in [2.45, 2.75) is 38.0 Å². The van der Waals surface area contributed by atoms with E-state index in [-0.39, 0.29) is 29.9 Å². The summed E-state index contributed by atoms with van der Waals surface area (Å²) in [5, 5.41) is 5.65. The lowest BCUT2D eigenvalue weighted by molar-refractivity contribution is -0.140. The van der Waals surface area contributed by atoms with Crippen molar-refractivity contribution < 1.29 is 22.4 Å². The van der Waals surface area contributed by atoms with Crippen LogP contribution in [0, 0.1) is 5.82 Å². The number of carbonyl (C=O) groups is 1. The van der Waals surface area contributed by atoms with Crippen LogP contribution >= 0.6 is 12.4 Å². The van der Waals surface area contributed by atoms with Gasteiger partial charge in [-0.1, -0.05) is 6.07 Å². The molecule has 1 aliphatic heterocycles. The maximum absolute atomic E-state index is 13.2. The van der Waals surface area contributed by atoms with E-state index in [9.17, 15) is 22.4 Å². The molecule has 1 aromatic rings. The van der Waals surface area contributed by atoms with E-state index in [2.05, 4.69) is 10.6 Å². The summed E-state index contributed by atoms with van der Waals surface area (Å²) in [6.45, 7) is 2.32. The summed E-state index contributed by atoms with van der Waals surface area (Å²) in [4.78, 5) is 11.9. The smallest absolute Gasteiger partial charge is 0.348 e. The Hall–Kier alpha value is -1.34. The summed E-state index contributed by atoms with van der Waals surface area (Å²) in [7, 11) is 0. The van der Waals surface area contributed by atoms with Gasteiger partial charge in [-0.15, -0.1) is 12.4 Å². The Kier molecular flexibility index (Phi) is 6.19. The molecule has 8 heteroatoms. The van der Waals surface area contributed by atoms with Crippen LogP contribution in [0.3, 0.4) is 0 Å². The molecule has 2 rings (SSSR count). The molecule has 2 atom stereocenters. The average Bonchev–Trinajstić information content (AvgIpc) is 2.91. The van der Waals surface area contributed by atoms with E-state index in [1.807, 2.05) is 0 Å². The van der Waals surface area contributed by atoms with E-state index in [1.165, 1.54) is 6.07 Å². The van der Waals surface area contributed by atoms with Gasteiger partial charge in [-0.3, -0.25) is 4.79 Å². The number of halogens is 5. The van der Waals surface area contributed by atoms with Crippen LogP contribution in [0.25, 0.3) is 0 Å². The van der Waals surface area contributed by atoms with Gasteiger partial charge >= 0.3 is 6.18 Å². The molecule has 2 N–H and O–H groups in total. The molecule has 0 aliphatic carbocycles. The summed E-state index contributed by atoms with van der Waals surface area (Å²) >= 11 is 0. The minimum Gasteiger partial charge on any atom is -0.348 e. The molecule has 22 heavy (non-hydrogen) atoms. The standard InChI is InChI=1S/C14H16F4N2O.ClH/c1-8(20-13(21)12-3-2-6-19-12)9-4-5-11(15)10(7-9)14(16,17)18;/h4-5,7-8,12,19H,2-3,6H2,1H3,(H,20,21);1H. The lowest BCUT2D eigenvalue weighted by atomic mass is 10.0. The van der Waals surface area contributed by atoms with Crippen LogP contribution in [-0.4, -0.2) is 18.5 Å². The SMILES string of the molecule is CC(NC(=O)C1CCCN1)c1ccc(F)c(C(F)(F)F)c1.Cl. The topological polar surface area (TPSA) is 41.1 Å². The van der Waals surface area contributed by atoms with Crippen molar-refractivity contribution in [1.29, 1.82) is 0 Å². The molecule has 0 radical (unpaired) electrons. The van der Waals surface area contributed by atoms with Crippen molar-refractivity contribution in [2.24, 2.45) is 0 Å². The van der Waals surface area contributed by atoms with Gasteiger partial charge in [-0.25, -0.2) is 4.39 Å². The predicted molar refractivity (Wildman–Crippen MR) is 76.2 cm³/mol. The van der Waals surface area contributed by atoms with E-state index in [1.54, 1.807) is 6.92 Å². The fourth-order valence-electron chi connectivity index (χ4n) is 2.34. The Morgan fingerprint density at radius 1 is 1.41 bits per heavy atom. The Balaban J connectivity index is 0.00000242. The number of hydrogen-bond donors (Lipinski definition) is 2. The zero-order chi connectivity index (χ0) is 15.6. The van der Waals surface area contributed by atoms with Crippen molar-refractivity contribution in [3.63, 3.8) is 0 Å². The van der Waals surface area contributed by atoms with Gasteiger partial charge < -0.3 is 10.6 Å². The molecule has 0 spiro atoms. The molecule has 0 saturated carbocycles. The number of alkyl halides is 3. The number of nitrogens with one attached hydrogen (secondary N) is 2. The van der Waals surface area contributed by atoms with E-state index in [4.69, 9.17) is 0 Å². The van der Waals surface area contributed by atoms with Gasteiger partial charge in [-0.2, -0.15) is 13.2 Å². The first-order valence-corrected chi connectivity index (χ1v) is 6.69. The second-order valence-corrected chi connectivity index (χ2v) is 5.12. The first-order chi connectivity index (χ1) is 9.79. The Morgan fingerprint density at radius 3 is 2.64 bits per heavy atom. The Morgan fingerprint density at radius 2 is 2.09 bits per heavy atom. The van der Waals surface area contributed by atoms with Gasteiger partial charge in [0.05, 0.1) is 17.6 Å². The normalized spacial score (nSPS) is 19.4. The van der Waals surface area contributed by atoms with Crippen molar-refractivity contribution in [3.8, 4) is 0 Å². The van der Waals surface area contributed by atoms with Crippen LogP contribution < -0.4 is 10.6 Å². The molecule has 0 bridgehead atoms. The third kappa shape index (κ3) is 4.33. The fourth-order valence-corrected chi connectivity index (χ4v) is 2.34. The molecular weight excluding hydrogens is 324 g/mol. The molecule has 0 aromatic heterocycles. The highest BCUT2D eigenvalue weighted by molar-refractivity contribution is 5.85. The zero-order valence-electron chi connectivity index (χ0n) is 11.8. The zero-order valence-corrected chi connectivity index (χ0v) is 12.7. The van der Waals surface area contributed by atoms with Crippen molar-refractivity contribution in [2.75, 3.05) is 6.54 Å². The summed E-state index contributed by atoms with van der Waals surface area (Å²) in [6.07, 6.45) is -3.16. The van der Waals surface area contributed by atoms with E-state index < -0.39 is 23.6 Å². The minimum atomic E-state index is -4.75. The number of benzene rings is 1. The van der Waals surface area contributed by atoms with Crippen molar-refractivity contribution in [3.05, 3.63) is 35.1 Å². The highest BCUT2D eigenvalue weighted by atomic mass is 35.5. The molecular formula is C14H17ClF4N2O. The second-order valence-electron chi connectivity index (χ2n) is 5.12. The van der Waals surface area contributed by atoms with Gasteiger partial charge in [0.15, 0.2) is 0 Å². The molecule has 124 valence electrons. The van der Waals surface area contributed by atoms with Crippen LogP contribution in [0.4, 0.5) is 17.6 Å². The van der Waals surface area contributed by atoms with Crippen molar-refractivity contribution in [1.82, 2.24) is 10.6 Å². The quantitative estimate of drug-likeness (QED) is 0.830. The lowest BCUT2D eigenvalue weighted by Gasteiger charge is -2.19. The van der Waals surface area contributed by atoms with Crippen LogP contribution in [0.15, 0.2) is 18.2 Å². The van der Waals surface area contributed by atoms with Crippen LogP contribution in [-0.2, 0) is 11.0 Å². The first-order valence-electron chi connectivity index (χ1n) is 6.69. The largest absolute Gasteiger partial charge is 0.419 e. The van der Waals surface area contributed by atoms with Crippen molar-refractivity contribution >= 4 is 18.3 Å². The average molecular weight is 341 g/mol. The molecule has 1 fully saturated rings. The molecule has 1 saturated heterocycles. The highest BCUT2D eigenvalue weighted by Crippen LogP contribution is 2.33. The number of amides is 1. The number of carbonyl (C=O) groups excluding carboxylic acids is 1. The fraction of sp³-hybridized carbons (Fsp3) is 0.500.